The fourth-order valence-electron chi connectivity index (χ4n) is 3.16. The standard InChI is InChI=1S/C15H21N3O4S2/c1-23(19,20)16-8-6-11-4-3-5-13-12-7-9-18(24(2,21)22)10-14(12)17-15(11)13/h3-5,16-17H,6-10H2,1-2H3. The molecule has 0 radical (unpaired) electrons. The van der Waals surface area contributed by atoms with Crippen LogP contribution in [0.4, 0.5) is 0 Å². The first-order valence-corrected chi connectivity index (χ1v) is 11.4. The van der Waals surface area contributed by atoms with Crippen molar-refractivity contribution >= 4 is 30.9 Å². The lowest BCUT2D eigenvalue weighted by atomic mass is 10.0. The second kappa shape index (κ2) is 6.14. The van der Waals surface area contributed by atoms with E-state index in [4.69, 9.17) is 0 Å². The molecule has 0 unspecified atom stereocenters. The number of aromatic amines is 1. The van der Waals surface area contributed by atoms with Gasteiger partial charge in [0, 0.05) is 29.7 Å². The first-order valence-electron chi connectivity index (χ1n) is 7.66. The Bertz CT molecular complexity index is 978. The number of nitrogens with zero attached hydrogens (tertiary/aromatic N) is 1. The van der Waals surface area contributed by atoms with Crippen molar-refractivity contribution < 1.29 is 16.8 Å². The zero-order valence-electron chi connectivity index (χ0n) is 13.7. The minimum atomic E-state index is -3.21. The van der Waals surface area contributed by atoms with Crippen LogP contribution in [0.1, 0.15) is 16.8 Å². The summed E-state index contributed by atoms with van der Waals surface area (Å²) in [5, 5.41) is 1.09. The van der Waals surface area contributed by atoms with Crippen LogP contribution in [0.15, 0.2) is 18.2 Å². The first kappa shape index (κ1) is 17.4. The highest BCUT2D eigenvalue weighted by Crippen LogP contribution is 2.30. The average Bonchev–Trinajstić information content (AvgIpc) is 2.84. The van der Waals surface area contributed by atoms with E-state index in [9.17, 15) is 16.8 Å². The van der Waals surface area contributed by atoms with Crippen molar-refractivity contribution in [3.8, 4) is 0 Å². The lowest BCUT2D eigenvalue weighted by Crippen LogP contribution is -2.34. The molecule has 0 amide bonds. The number of rotatable bonds is 5. The Morgan fingerprint density at radius 2 is 1.96 bits per heavy atom. The molecule has 3 rings (SSSR count). The lowest BCUT2D eigenvalue weighted by Gasteiger charge is -2.24. The molecule has 1 aliphatic rings. The van der Waals surface area contributed by atoms with Gasteiger partial charge in [-0.15, -0.1) is 0 Å². The predicted octanol–water partition coefficient (Wildman–Crippen LogP) is 0.577. The van der Waals surface area contributed by atoms with E-state index in [1.807, 2.05) is 18.2 Å². The molecular formula is C15H21N3O4S2. The summed E-state index contributed by atoms with van der Waals surface area (Å²) in [5.74, 6) is 0. The molecular weight excluding hydrogens is 350 g/mol. The predicted molar refractivity (Wildman–Crippen MR) is 93.8 cm³/mol. The molecule has 2 heterocycles. The first-order chi connectivity index (χ1) is 11.1. The van der Waals surface area contributed by atoms with Crippen molar-refractivity contribution in [1.82, 2.24) is 14.0 Å². The Morgan fingerprint density at radius 1 is 1.21 bits per heavy atom. The van der Waals surface area contributed by atoms with E-state index in [1.165, 1.54) is 10.6 Å². The summed E-state index contributed by atoms with van der Waals surface area (Å²) >= 11 is 0. The zero-order valence-corrected chi connectivity index (χ0v) is 15.3. The Balaban J connectivity index is 1.91. The third-order valence-electron chi connectivity index (χ3n) is 4.29. The second-order valence-electron chi connectivity index (χ2n) is 6.18. The summed E-state index contributed by atoms with van der Waals surface area (Å²) in [4.78, 5) is 3.35. The van der Waals surface area contributed by atoms with E-state index >= 15 is 0 Å². The van der Waals surface area contributed by atoms with Crippen LogP contribution in [0, 0.1) is 0 Å². The maximum Gasteiger partial charge on any atom is 0.211 e. The molecule has 1 aromatic carbocycles. The molecule has 132 valence electrons. The highest BCUT2D eigenvalue weighted by atomic mass is 32.2. The maximum atomic E-state index is 11.8. The van der Waals surface area contributed by atoms with E-state index in [0.717, 1.165) is 34.0 Å². The number of hydrogen-bond donors (Lipinski definition) is 2. The Morgan fingerprint density at radius 3 is 2.62 bits per heavy atom. The molecule has 2 aromatic rings. The van der Waals surface area contributed by atoms with Gasteiger partial charge in [0.15, 0.2) is 0 Å². The summed E-state index contributed by atoms with van der Waals surface area (Å²) < 4.78 is 49.9. The molecule has 7 nitrogen and oxygen atoms in total. The number of benzene rings is 1. The van der Waals surface area contributed by atoms with Crippen LogP contribution in [0.5, 0.6) is 0 Å². The van der Waals surface area contributed by atoms with Gasteiger partial charge in [0.1, 0.15) is 0 Å². The van der Waals surface area contributed by atoms with Gasteiger partial charge in [-0.3, -0.25) is 0 Å². The fraction of sp³-hybridized carbons (Fsp3) is 0.467. The quantitative estimate of drug-likeness (QED) is 0.803. The third kappa shape index (κ3) is 3.64. The molecule has 0 saturated heterocycles. The second-order valence-corrected chi connectivity index (χ2v) is 10.0. The number of H-pyrrole nitrogens is 1. The summed E-state index contributed by atoms with van der Waals surface area (Å²) in [5.41, 5.74) is 4.06. The lowest BCUT2D eigenvalue weighted by molar-refractivity contribution is 0.392. The van der Waals surface area contributed by atoms with Gasteiger partial charge < -0.3 is 4.98 Å². The highest BCUT2D eigenvalue weighted by Gasteiger charge is 2.26. The minimum Gasteiger partial charge on any atom is -0.357 e. The number of fused-ring (bicyclic) bond motifs is 3. The van der Waals surface area contributed by atoms with Crippen LogP contribution in [0.25, 0.3) is 10.9 Å². The molecule has 0 bridgehead atoms. The molecule has 2 N–H and O–H groups in total. The molecule has 0 spiro atoms. The summed E-state index contributed by atoms with van der Waals surface area (Å²) in [6.45, 7) is 1.17. The fourth-order valence-corrected chi connectivity index (χ4v) is 4.42. The van der Waals surface area contributed by atoms with Crippen molar-refractivity contribution in [2.24, 2.45) is 0 Å². The largest absolute Gasteiger partial charge is 0.357 e. The number of sulfonamides is 2. The number of para-hydroxylation sites is 1. The number of nitrogens with one attached hydrogen (secondary N) is 2. The summed E-state index contributed by atoms with van der Waals surface area (Å²) in [6.07, 6.45) is 3.61. The molecule has 0 saturated carbocycles. The van der Waals surface area contributed by atoms with Gasteiger partial charge in [0.25, 0.3) is 0 Å². The SMILES string of the molecule is CS(=O)(=O)NCCc1cccc2c3c([nH]c12)CN(S(C)(=O)=O)CC3. The smallest absolute Gasteiger partial charge is 0.211 e. The normalized spacial score (nSPS) is 16.4. The van der Waals surface area contributed by atoms with Crippen LogP contribution in [0.3, 0.4) is 0 Å². The van der Waals surface area contributed by atoms with E-state index in [0.29, 0.717) is 32.5 Å². The van der Waals surface area contributed by atoms with Crippen molar-refractivity contribution in [2.75, 3.05) is 25.6 Å². The van der Waals surface area contributed by atoms with E-state index in [-0.39, 0.29) is 0 Å². The molecule has 1 aromatic heterocycles. The monoisotopic (exact) mass is 371 g/mol. The molecule has 24 heavy (non-hydrogen) atoms. The molecule has 0 aliphatic carbocycles. The van der Waals surface area contributed by atoms with E-state index < -0.39 is 20.0 Å². The van der Waals surface area contributed by atoms with Crippen LogP contribution in [-0.4, -0.2) is 51.7 Å². The summed E-state index contributed by atoms with van der Waals surface area (Å²) in [6, 6.07) is 5.94. The highest BCUT2D eigenvalue weighted by molar-refractivity contribution is 7.88. The number of hydrogen-bond acceptors (Lipinski definition) is 4. The van der Waals surface area contributed by atoms with Crippen LogP contribution in [-0.2, 0) is 39.4 Å². The van der Waals surface area contributed by atoms with Gasteiger partial charge in [-0.05, 0) is 24.0 Å². The third-order valence-corrected chi connectivity index (χ3v) is 6.27. The Hall–Kier alpha value is -1.42. The van der Waals surface area contributed by atoms with Gasteiger partial charge in [-0.2, -0.15) is 4.31 Å². The van der Waals surface area contributed by atoms with Gasteiger partial charge in [0.2, 0.25) is 20.0 Å². The van der Waals surface area contributed by atoms with Crippen molar-refractivity contribution in [3.05, 3.63) is 35.0 Å². The Kier molecular flexibility index (Phi) is 4.45. The number of aromatic nitrogens is 1. The summed E-state index contributed by atoms with van der Waals surface area (Å²) in [7, 11) is -6.42. The molecule has 0 atom stereocenters. The van der Waals surface area contributed by atoms with Crippen molar-refractivity contribution in [1.29, 1.82) is 0 Å². The maximum absolute atomic E-state index is 11.8. The van der Waals surface area contributed by atoms with Gasteiger partial charge >= 0.3 is 0 Å². The zero-order chi connectivity index (χ0) is 17.5. The average molecular weight is 371 g/mol. The molecule has 1 aliphatic heterocycles. The van der Waals surface area contributed by atoms with Crippen molar-refractivity contribution in [3.63, 3.8) is 0 Å². The van der Waals surface area contributed by atoms with Gasteiger partial charge in [0.05, 0.1) is 19.1 Å². The van der Waals surface area contributed by atoms with Gasteiger partial charge in [-0.1, -0.05) is 18.2 Å². The Labute approximate surface area is 142 Å². The molecule has 0 fully saturated rings. The van der Waals surface area contributed by atoms with Crippen LogP contribution < -0.4 is 4.72 Å². The van der Waals surface area contributed by atoms with Gasteiger partial charge in [-0.25, -0.2) is 21.6 Å². The minimum absolute atomic E-state index is 0.330. The van der Waals surface area contributed by atoms with Crippen molar-refractivity contribution in [2.45, 2.75) is 19.4 Å². The van der Waals surface area contributed by atoms with Crippen LogP contribution in [0.2, 0.25) is 0 Å². The van der Waals surface area contributed by atoms with E-state index in [2.05, 4.69) is 9.71 Å². The molecule has 9 heteroatoms. The van der Waals surface area contributed by atoms with Crippen LogP contribution >= 0.6 is 0 Å². The topological polar surface area (TPSA) is 99.3 Å². The van der Waals surface area contributed by atoms with E-state index in [1.54, 1.807) is 0 Å².